The van der Waals surface area contributed by atoms with Gasteiger partial charge in [-0.25, -0.2) is 14.0 Å². The molecule has 0 aliphatic carbocycles. The second-order valence-corrected chi connectivity index (χ2v) is 5.61. The maximum atomic E-state index is 11.8. The molecule has 1 unspecified atom stereocenters. The summed E-state index contributed by atoms with van der Waals surface area (Å²) in [5.41, 5.74) is 0.812. The van der Waals surface area contributed by atoms with Crippen molar-refractivity contribution >= 4 is 38.3 Å². The first kappa shape index (κ1) is 11.9. The Morgan fingerprint density at radius 3 is 2.94 bits per heavy atom. The minimum atomic E-state index is -1.41. The molecule has 4 nitrogen and oxygen atoms in total. The Balaban J connectivity index is 2.25. The number of para-hydroxylation sites is 1. The van der Waals surface area contributed by atoms with Gasteiger partial charge in [0.05, 0.1) is 17.3 Å². The van der Waals surface area contributed by atoms with E-state index in [0.717, 1.165) is 16.3 Å². The summed E-state index contributed by atoms with van der Waals surface area (Å²) in [6, 6.07) is 7.55. The standard InChI is InChI=1S/C11H9NO3S2/c1-15-10(13)6-7-17(14)11-12-8-4-2-3-5-9(8)16-11/h2-7H,1H3/b7-6+. The van der Waals surface area contributed by atoms with Crippen molar-refractivity contribution in [2.75, 3.05) is 7.11 Å². The van der Waals surface area contributed by atoms with Gasteiger partial charge in [0.15, 0.2) is 4.34 Å². The summed E-state index contributed by atoms with van der Waals surface area (Å²) in [5, 5.41) is 1.28. The normalized spacial score (nSPS) is 13.0. The highest BCUT2D eigenvalue weighted by Crippen LogP contribution is 2.24. The van der Waals surface area contributed by atoms with Crippen LogP contribution in [0.2, 0.25) is 0 Å². The van der Waals surface area contributed by atoms with Crippen LogP contribution in [0.25, 0.3) is 10.2 Å². The number of thiazole rings is 1. The summed E-state index contributed by atoms with van der Waals surface area (Å²) < 4.78 is 17.7. The Bertz CT molecular complexity index is 571. The zero-order chi connectivity index (χ0) is 12.3. The molecule has 0 spiro atoms. The molecule has 0 aliphatic heterocycles. The number of hydrogen-bond acceptors (Lipinski definition) is 5. The van der Waals surface area contributed by atoms with Gasteiger partial charge in [-0.15, -0.1) is 11.3 Å². The first-order valence-corrected chi connectivity index (χ1v) is 6.76. The van der Waals surface area contributed by atoms with Gasteiger partial charge in [-0.2, -0.15) is 0 Å². The molecule has 6 heteroatoms. The first-order chi connectivity index (χ1) is 8.20. The van der Waals surface area contributed by atoms with Crippen molar-refractivity contribution in [3.63, 3.8) is 0 Å². The predicted octanol–water partition coefficient (Wildman–Crippen LogP) is 2.09. The van der Waals surface area contributed by atoms with Gasteiger partial charge >= 0.3 is 5.97 Å². The average Bonchev–Trinajstić information content (AvgIpc) is 2.79. The molecule has 17 heavy (non-hydrogen) atoms. The second kappa shape index (κ2) is 5.20. The van der Waals surface area contributed by atoms with E-state index in [4.69, 9.17) is 0 Å². The van der Waals surface area contributed by atoms with E-state index >= 15 is 0 Å². The molecular weight excluding hydrogens is 258 g/mol. The van der Waals surface area contributed by atoms with Gasteiger partial charge in [-0.1, -0.05) is 12.1 Å². The van der Waals surface area contributed by atoms with E-state index in [0.29, 0.717) is 4.34 Å². The van der Waals surface area contributed by atoms with Gasteiger partial charge in [0.25, 0.3) is 0 Å². The monoisotopic (exact) mass is 267 g/mol. The number of rotatable bonds is 3. The van der Waals surface area contributed by atoms with Crippen LogP contribution in [-0.2, 0) is 20.3 Å². The third kappa shape index (κ3) is 2.78. The molecule has 0 saturated heterocycles. The van der Waals surface area contributed by atoms with Crippen LogP contribution in [0.4, 0.5) is 0 Å². The van der Waals surface area contributed by atoms with Crippen LogP contribution in [0.3, 0.4) is 0 Å². The molecule has 0 fully saturated rings. The predicted molar refractivity (Wildman–Crippen MR) is 67.2 cm³/mol. The largest absolute Gasteiger partial charge is 0.466 e. The number of hydrogen-bond donors (Lipinski definition) is 0. The average molecular weight is 267 g/mol. The Kier molecular flexibility index (Phi) is 3.65. The van der Waals surface area contributed by atoms with Crippen molar-refractivity contribution in [3.05, 3.63) is 35.7 Å². The summed E-state index contributed by atoms with van der Waals surface area (Å²) in [7, 11) is -0.141. The second-order valence-electron chi connectivity index (χ2n) is 3.07. The summed E-state index contributed by atoms with van der Waals surface area (Å²) in [5.74, 6) is -0.528. The summed E-state index contributed by atoms with van der Waals surface area (Å²) >= 11 is 1.35. The van der Waals surface area contributed by atoms with Crippen LogP contribution in [0.5, 0.6) is 0 Å². The molecule has 1 aromatic carbocycles. The van der Waals surface area contributed by atoms with Crippen molar-refractivity contribution < 1.29 is 13.7 Å². The van der Waals surface area contributed by atoms with Gasteiger partial charge in [0.1, 0.15) is 10.8 Å². The van der Waals surface area contributed by atoms with Crippen LogP contribution in [0.15, 0.2) is 40.1 Å². The van der Waals surface area contributed by atoms with Crippen LogP contribution < -0.4 is 0 Å². The Labute approximate surface area is 104 Å². The number of ether oxygens (including phenoxy) is 1. The van der Waals surface area contributed by atoms with Crippen molar-refractivity contribution in [3.8, 4) is 0 Å². The summed E-state index contributed by atoms with van der Waals surface area (Å²) in [6.45, 7) is 0. The van der Waals surface area contributed by atoms with Gasteiger partial charge in [-0.3, -0.25) is 0 Å². The third-order valence-electron chi connectivity index (χ3n) is 1.98. The number of esters is 1. The number of benzene rings is 1. The Morgan fingerprint density at radius 1 is 1.47 bits per heavy atom. The third-order valence-corrected chi connectivity index (χ3v) is 4.37. The first-order valence-electron chi connectivity index (χ1n) is 4.73. The minimum absolute atomic E-state index is 0.478. The molecule has 1 heterocycles. The van der Waals surface area contributed by atoms with Crippen molar-refractivity contribution in [1.29, 1.82) is 0 Å². The zero-order valence-corrected chi connectivity index (χ0v) is 10.6. The maximum Gasteiger partial charge on any atom is 0.331 e. The lowest BCUT2D eigenvalue weighted by Crippen LogP contribution is -1.95. The molecule has 0 aliphatic rings. The van der Waals surface area contributed by atoms with Crippen molar-refractivity contribution in [2.45, 2.75) is 4.34 Å². The molecule has 0 amide bonds. The van der Waals surface area contributed by atoms with E-state index in [-0.39, 0.29) is 0 Å². The zero-order valence-electron chi connectivity index (χ0n) is 8.95. The molecule has 0 bridgehead atoms. The molecule has 0 N–H and O–H groups in total. The quantitative estimate of drug-likeness (QED) is 0.631. The molecule has 1 aromatic heterocycles. The number of nitrogens with zero attached hydrogens (tertiary/aromatic N) is 1. The highest BCUT2D eigenvalue weighted by molar-refractivity contribution is 7.90. The molecular formula is C11H9NO3S2. The number of carbonyl (C=O) groups is 1. The van der Waals surface area contributed by atoms with E-state index in [1.54, 1.807) is 0 Å². The topological polar surface area (TPSA) is 56.3 Å². The van der Waals surface area contributed by atoms with E-state index in [2.05, 4.69) is 9.72 Å². The van der Waals surface area contributed by atoms with Crippen LogP contribution in [0, 0.1) is 0 Å². The number of aromatic nitrogens is 1. The van der Waals surface area contributed by atoms with Crippen molar-refractivity contribution in [1.82, 2.24) is 4.98 Å². The molecule has 0 radical (unpaired) electrons. The van der Waals surface area contributed by atoms with E-state index < -0.39 is 16.8 Å². The van der Waals surface area contributed by atoms with E-state index in [1.165, 1.54) is 23.9 Å². The maximum absolute atomic E-state index is 11.8. The fraction of sp³-hybridized carbons (Fsp3) is 0.0909. The molecule has 0 saturated carbocycles. The Hall–Kier alpha value is -1.53. The number of fused-ring (bicyclic) bond motifs is 1. The molecule has 2 aromatic rings. The van der Waals surface area contributed by atoms with Crippen molar-refractivity contribution in [2.24, 2.45) is 0 Å². The van der Waals surface area contributed by atoms with Crippen LogP contribution >= 0.6 is 11.3 Å². The summed E-state index contributed by atoms with van der Waals surface area (Å²) in [6.07, 6.45) is 1.14. The minimum Gasteiger partial charge on any atom is -0.466 e. The highest BCUT2D eigenvalue weighted by atomic mass is 32.2. The van der Waals surface area contributed by atoms with Gasteiger partial charge in [0, 0.05) is 11.5 Å². The lowest BCUT2D eigenvalue weighted by Gasteiger charge is -1.89. The summed E-state index contributed by atoms with van der Waals surface area (Å²) in [4.78, 5) is 15.1. The Morgan fingerprint density at radius 2 is 2.24 bits per heavy atom. The van der Waals surface area contributed by atoms with Crippen LogP contribution in [0.1, 0.15) is 0 Å². The SMILES string of the molecule is COC(=O)/C=C/S(=O)c1nc2ccccc2s1. The fourth-order valence-corrected chi connectivity index (χ4v) is 3.18. The van der Waals surface area contributed by atoms with Gasteiger partial charge < -0.3 is 4.74 Å². The lowest BCUT2D eigenvalue weighted by molar-refractivity contribution is -0.134. The van der Waals surface area contributed by atoms with Crippen LogP contribution in [-0.4, -0.2) is 22.3 Å². The smallest absolute Gasteiger partial charge is 0.331 e. The number of methoxy groups -OCH3 is 1. The van der Waals surface area contributed by atoms with Gasteiger partial charge in [-0.05, 0) is 12.1 Å². The molecule has 88 valence electrons. The molecule has 1 atom stereocenters. The fourth-order valence-electron chi connectivity index (χ4n) is 1.18. The highest BCUT2D eigenvalue weighted by Gasteiger charge is 2.08. The lowest BCUT2D eigenvalue weighted by atomic mass is 10.3. The van der Waals surface area contributed by atoms with E-state index in [1.807, 2.05) is 24.3 Å². The molecule has 2 rings (SSSR count). The van der Waals surface area contributed by atoms with Gasteiger partial charge in [0.2, 0.25) is 0 Å². The van der Waals surface area contributed by atoms with E-state index in [9.17, 15) is 9.00 Å². The number of carbonyl (C=O) groups excluding carboxylic acids is 1.